The lowest BCUT2D eigenvalue weighted by molar-refractivity contribution is 1.33. The molecule has 0 bridgehead atoms. The molecule has 84 valence electrons. The van der Waals surface area contributed by atoms with Crippen molar-refractivity contribution in [2.75, 3.05) is 5.73 Å². The first-order chi connectivity index (χ1) is 8.18. The van der Waals surface area contributed by atoms with Gasteiger partial charge in [-0.3, -0.25) is 4.98 Å². The molecule has 0 atom stereocenters. The summed E-state index contributed by atoms with van der Waals surface area (Å²) in [6.07, 6.45) is 1.79. The Morgan fingerprint density at radius 1 is 0.941 bits per heavy atom. The number of aromatic nitrogens is 2. The number of nitrogens with zero attached hydrogens (tertiary/aromatic N) is 2. The van der Waals surface area contributed by atoms with Crippen LogP contribution in [-0.2, 0) is 0 Å². The molecule has 0 spiro atoms. The van der Waals surface area contributed by atoms with E-state index < -0.39 is 0 Å². The van der Waals surface area contributed by atoms with Crippen LogP contribution < -0.4 is 5.73 Å². The van der Waals surface area contributed by atoms with Gasteiger partial charge >= 0.3 is 0 Å². The highest BCUT2D eigenvalue weighted by molar-refractivity contribution is 6.06. The van der Waals surface area contributed by atoms with Gasteiger partial charge in [0.2, 0.25) is 0 Å². The second kappa shape index (κ2) is 3.42. The number of pyridine rings is 2. The highest BCUT2D eigenvalue weighted by atomic mass is 14.8. The van der Waals surface area contributed by atoms with Gasteiger partial charge in [-0.25, -0.2) is 4.98 Å². The Kier molecular flexibility index (Phi) is 2.01. The third-order valence-corrected chi connectivity index (χ3v) is 3.32. The number of nitrogen functional groups attached to an aromatic ring is 1. The van der Waals surface area contributed by atoms with Gasteiger partial charge < -0.3 is 5.73 Å². The minimum absolute atomic E-state index is 0.535. The number of hydrogen-bond acceptors (Lipinski definition) is 3. The molecule has 2 N–H and O–H groups in total. The SMILES string of the molecule is Cc1c(C)c2ccc(N)nc2c2ncccc12. The average molecular weight is 223 g/mol. The first-order valence-corrected chi connectivity index (χ1v) is 5.58. The molecule has 2 heterocycles. The van der Waals surface area contributed by atoms with Gasteiger partial charge in [0.05, 0.1) is 11.0 Å². The van der Waals surface area contributed by atoms with E-state index in [1.807, 2.05) is 18.2 Å². The van der Waals surface area contributed by atoms with Gasteiger partial charge in [0.25, 0.3) is 0 Å². The Morgan fingerprint density at radius 2 is 1.65 bits per heavy atom. The summed E-state index contributed by atoms with van der Waals surface area (Å²) in [6, 6.07) is 7.89. The second-order valence-corrected chi connectivity index (χ2v) is 4.28. The summed E-state index contributed by atoms with van der Waals surface area (Å²) in [4.78, 5) is 8.86. The zero-order chi connectivity index (χ0) is 12.0. The Bertz CT molecular complexity index is 732. The van der Waals surface area contributed by atoms with E-state index in [-0.39, 0.29) is 0 Å². The fourth-order valence-electron chi connectivity index (χ4n) is 2.26. The van der Waals surface area contributed by atoms with Crippen LogP contribution in [0.15, 0.2) is 30.5 Å². The van der Waals surface area contributed by atoms with Gasteiger partial charge in [-0.1, -0.05) is 6.07 Å². The molecular formula is C14H13N3. The van der Waals surface area contributed by atoms with Crippen molar-refractivity contribution in [2.24, 2.45) is 0 Å². The van der Waals surface area contributed by atoms with Crippen molar-refractivity contribution in [3.63, 3.8) is 0 Å². The molecule has 3 aromatic rings. The van der Waals surface area contributed by atoms with E-state index in [4.69, 9.17) is 5.73 Å². The summed E-state index contributed by atoms with van der Waals surface area (Å²) in [5.41, 5.74) is 10.1. The van der Waals surface area contributed by atoms with Crippen molar-refractivity contribution in [1.29, 1.82) is 0 Å². The minimum atomic E-state index is 0.535. The Balaban J connectivity index is 2.66. The lowest BCUT2D eigenvalue weighted by Gasteiger charge is -2.10. The molecule has 0 radical (unpaired) electrons. The van der Waals surface area contributed by atoms with E-state index in [0.29, 0.717) is 5.82 Å². The predicted octanol–water partition coefficient (Wildman–Crippen LogP) is 2.98. The molecular weight excluding hydrogens is 210 g/mol. The first kappa shape index (κ1) is 10.0. The average Bonchev–Trinajstić information content (AvgIpc) is 2.36. The third-order valence-electron chi connectivity index (χ3n) is 3.32. The smallest absolute Gasteiger partial charge is 0.124 e. The van der Waals surface area contributed by atoms with Gasteiger partial charge in [0, 0.05) is 17.0 Å². The van der Waals surface area contributed by atoms with Gasteiger partial charge in [-0.15, -0.1) is 0 Å². The molecule has 3 heteroatoms. The summed E-state index contributed by atoms with van der Waals surface area (Å²) in [5, 5.41) is 2.28. The Hall–Kier alpha value is -2.16. The first-order valence-electron chi connectivity index (χ1n) is 5.58. The fourth-order valence-corrected chi connectivity index (χ4v) is 2.26. The quantitative estimate of drug-likeness (QED) is 0.596. The van der Waals surface area contributed by atoms with Crippen molar-refractivity contribution in [3.05, 3.63) is 41.6 Å². The normalized spacial score (nSPS) is 11.2. The predicted molar refractivity (Wildman–Crippen MR) is 70.9 cm³/mol. The van der Waals surface area contributed by atoms with E-state index in [1.165, 1.54) is 11.1 Å². The minimum Gasteiger partial charge on any atom is -0.384 e. The summed E-state index contributed by atoms with van der Waals surface area (Å²) >= 11 is 0. The molecule has 3 rings (SSSR count). The number of hydrogen-bond donors (Lipinski definition) is 1. The van der Waals surface area contributed by atoms with Crippen molar-refractivity contribution in [3.8, 4) is 0 Å². The summed E-state index contributed by atoms with van der Waals surface area (Å²) in [5.74, 6) is 0.535. The third kappa shape index (κ3) is 1.35. The number of anilines is 1. The standard InChI is InChI=1S/C14H13N3/c1-8-9(2)11-5-6-12(15)17-14(11)13-10(8)4-3-7-16-13/h3-7H,1-2H3,(H2,15,17). The van der Waals surface area contributed by atoms with E-state index >= 15 is 0 Å². The summed E-state index contributed by atoms with van der Waals surface area (Å²) in [7, 11) is 0. The highest BCUT2D eigenvalue weighted by Crippen LogP contribution is 2.29. The molecule has 0 unspecified atom stereocenters. The largest absolute Gasteiger partial charge is 0.384 e. The molecule has 1 aromatic carbocycles. The Morgan fingerprint density at radius 3 is 2.41 bits per heavy atom. The maximum absolute atomic E-state index is 5.76. The lowest BCUT2D eigenvalue weighted by Crippen LogP contribution is -1.95. The Labute approximate surface area is 99.3 Å². The second-order valence-electron chi connectivity index (χ2n) is 4.28. The van der Waals surface area contributed by atoms with Gasteiger partial charge in [0.15, 0.2) is 0 Å². The maximum atomic E-state index is 5.76. The monoisotopic (exact) mass is 223 g/mol. The number of rotatable bonds is 0. The van der Waals surface area contributed by atoms with Crippen LogP contribution >= 0.6 is 0 Å². The van der Waals surface area contributed by atoms with Crippen LogP contribution in [0.5, 0.6) is 0 Å². The topological polar surface area (TPSA) is 51.8 Å². The number of aryl methyl sites for hydroxylation is 2. The van der Waals surface area contributed by atoms with Crippen molar-refractivity contribution < 1.29 is 0 Å². The summed E-state index contributed by atoms with van der Waals surface area (Å²) in [6.45, 7) is 4.23. The van der Waals surface area contributed by atoms with Crippen molar-refractivity contribution in [1.82, 2.24) is 9.97 Å². The van der Waals surface area contributed by atoms with E-state index in [1.54, 1.807) is 6.20 Å². The number of benzene rings is 1. The van der Waals surface area contributed by atoms with Gasteiger partial charge in [-0.05, 0) is 43.2 Å². The molecule has 0 amide bonds. The van der Waals surface area contributed by atoms with E-state index in [9.17, 15) is 0 Å². The molecule has 0 aliphatic rings. The van der Waals surface area contributed by atoms with Crippen molar-refractivity contribution in [2.45, 2.75) is 13.8 Å². The molecule has 0 aliphatic carbocycles. The van der Waals surface area contributed by atoms with Crippen LogP contribution in [0.4, 0.5) is 5.82 Å². The van der Waals surface area contributed by atoms with Gasteiger partial charge in [-0.2, -0.15) is 0 Å². The molecule has 3 nitrogen and oxygen atoms in total. The molecule has 17 heavy (non-hydrogen) atoms. The van der Waals surface area contributed by atoms with Crippen LogP contribution in [0.1, 0.15) is 11.1 Å². The number of fused-ring (bicyclic) bond motifs is 3. The van der Waals surface area contributed by atoms with Crippen LogP contribution in [0.2, 0.25) is 0 Å². The van der Waals surface area contributed by atoms with E-state index in [2.05, 4.69) is 29.9 Å². The fraction of sp³-hybridized carbons (Fsp3) is 0.143. The highest BCUT2D eigenvalue weighted by Gasteiger charge is 2.10. The van der Waals surface area contributed by atoms with Crippen LogP contribution in [0.25, 0.3) is 21.8 Å². The van der Waals surface area contributed by atoms with Crippen molar-refractivity contribution >= 4 is 27.6 Å². The molecule has 0 aliphatic heterocycles. The van der Waals surface area contributed by atoms with Gasteiger partial charge in [0.1, 0.15) is 5.82 Å². The zero-order valence-electron chi connectivity index (χ0n) is 9.86. The van der Waals surface area contributed by atoms with Crippen LogP contribution in [-0.4, -0.2) is 9.97 Å². The molecule has 0 saturated heterocycles. The lowest BCUT2D eigenvalue weighted by atomic mass is 9.99. The van der Waals surface area contributed by atoms with Crippen LogP contribution in [0, 0.1) is 13.8 Å². The number of nitrogens with two attached hydrogens (primary N) is 1. The molecule has 0 fully saturated rings. The van der Waals surface area contributed by atoms with Crippen LogP contribution in [0.3, 0.4) is 0 Å². The molecule has 0 saturated carbocycles. The zero-order valence-corrected chi connectivity index (χ0v) is 9.86. The maximum Gasteiger partial charge on any atom is 0.124 e. The summed E-state index contributed by atoms with van der Waals surface area (Å²) < 4.78 is 0. The molecule has 2 aromatic heterocycles. The van der Waals surface area contributed by atoms with E-state index in [0.717, 1.165) is 21.8 Å².